The second-order valence-corrected chi connectivity index (χ2v) is 12.1. The third-order valence-electron chi connectivity index (χ3n) is 7.97. The van der Waals surface area contributed by atoms with Gasteiger partial charge in [-0.05, 0) is 80.5 Å². The topological polar surface area (TPSA) is 84.7 Å². The van der Waals surface area contributed by atoms with E-state index in [9.17, 15) is 13.9 Å². The van der Waals surface area contributed by atoms with Crippen LogP contribution in [0.1, 0.15) is 90.4 Å². The Morgan fingerprint density at radius 3 is 2.10 bits per heavy atom. The quantitative estimate of drug-likeness (QED) is 0.261. The van der Waals surface area contributed by atoms with Gasteiger partial charge in [0.15, 0.2) is 5.82 Å². The number of aromatic nitrogens is 5. The molecule has 1 aromatic carbocycles. The lowest BCUT2D eigenvalue weighted by Crippen LogP contribution is -2.41. The maximum Gasteiger partial charge on any atom is 0.159 e. The van der Waals surface area contributed by atoms with Crippen LogP contribution >= 0.6 is 0 Å². The molecule has 40 heavy (non-hydrogen) atoms. The molecular weight excluding hydrogens is 508 g/mol. The summed E-state index contributed by atoms with van der Waals surface area (Å²) in [5.74, 6) is -0.835. The highest BCUT2D eigenvalue weighted by molar-refractivity contribution is 5.62. The molecule has 2 atom stereocenters. The van der Waals surface area contributed by atoms with Crippen molar-refractivity contribution in [1.82, 2.24) is 25.1 Å². The molecule has 0 radical (unpaired) electrons. The van der Waals surface area contributed by atoms with E-state index in [0.29, 0.717) is 17.2 Å². The third kappa shape index (κ3) is 5.37. The molecule has 0 fully saturated rings. The molecule has 4 aromatic rings. The number of benzene rings is 1. The molecule has 1 N–H and O–H groups in total. The highest BCUT2D eigenvalue weighted by atomic mass is 19.1. The summed E-state index contributed by atoms with van der Waals surface area (Å²) in [5.41, 5.74) is 1.24. The molecule has 0 amide bonds. The Balaban J connectivity index is 1.94. The fourth-order valence-corrected chi connectivity index (χ4v) is 4.80. The van der Waals surface area contributed by atoms with E-state index >= 15 is 0 Å². The fraction of sp³-hybridized carbons (Fsp3) is 0.406. The van der Waals surface area contributed by atoms with Gasteiger partial charge in [-0.1, -0.05) is 40.7 Å². The first-order valence-corrected chi connectivity index (χ1v) is 13.5. The van der Waals surface area contributed by atoms with Crippen molar-refractivity contribution in [3.63, 3.8) is 0 Å². The van der Waals surface area contributed by atoms with E-state index in [1.54, 1.807) is 38.4 Å². The van der Waals surface area contributed by atoms with E-state index in [-0.39, 0.29) is 17.2 Å². The van der Waals surface area contributed by atoms with Crippen molar-refractivity contribution in [3.8, 4) is 22.6 Å². The van der Waals surface area contributed by atoms with Gasteiger partial charge in [0, 0.05) is 18.0 Å². The maximum atomic E-state index is 14.7. The van der Waals surface area contributed by atoms with Crippen molar-refractivity contribution >= 4 is 0 Å². The van der Waals surface area contributed by atoms with Crippen molar-refractivity contribution in [3.05, 3.63) is 89.1 Å². The molecule has 0 bridgehead atoms. The van der Waals surface area contributed by atoms with Gasteiger partial charge in [0.25, 0.3) is 0 Å². The number of hydrogen-bond donors (Lipinski definition) is 1. The van der Waals surface area contributed by atoms with Gasteiger partial charge in [0.1, 0.15) is 17.2 Å². The molecule has 0 saturated heterocycles. The van der Waals surface area contributed by atoms with Gasteiger partial charge >= 0.3 is 0 Å². The van der Waals surface area contributed by atoms with Crippen LogP contribution in [0.25, 0.3) is 22.6 Å². The maximum absolute atomic E-state index is 14.7. The van der Waals surface area contributed by atoms with E-state index in [1.807, 2.05) is 12.1 Å². The predicted octanol–water partition coefficient (Wildman–Crippen LogP) is 7.37. The molecule has 0 saturated carbocycles. The molecule has 0 spiro atoms. The van der Waals surface area contributed by atoms with Gasteiger partial charge in [0.2, 0.25) is 0 Å². The zero-order valence-electron chi connectivity index (χ0n) is 24.4. The van der Waals surface area contributed by atoms with Crippen molar-refractivity contribution < 1.29 is 13.9 Å². The zero-order valence-corrected chi connectivity index (χ0v) is 24.4. The molecule has 3 heterocycles. The lowest BCUT2D eigenvalue weighted by molar-refractivity contribution is 0.0739. The van der Waals surface area contributed by atoms with E-state index in [2.05, 4.69) is 61.7 Å². The lowest BCUT2D eigenvalue weighted by Gasteiger charge is -2.42. The van der Waals surface area contributed by atoms with E-state index in [0.717, 1.165) is 23.2 Å². The summed E-state index contributed by atoms with van der Waals surface area (Å²) in [6, 6.07) is 11.0. The summed E-state index contributed by atoms with van der Waals surface area (Å²) in [4.78, 5) is 13.8. The number of halogens is 2. The van der Waals surface area contributed by atoms with Crippen molar-refractivity contribution in [2.24, 2.45) is 5.41 Å². The smallest absolute Gasteiger partial charge is 0.159 e. The summed E-state index contributed by atoms with van der Waals surface area (Å²) < 4.78 is 29.4. The van der Waals surface area contributed by atoms with E-state index in [1.165, 1.54) is 18.2 Å². The van der Waals surface area contributed by atoms with Gasteiger partial charge in [-0.25, -0.2) is 18.7 Å². The number of rotatable bonds is 7. The minimum Gasteiger partial charge on any atom is -0.384 e. The second-order valence-electron chi connectivity index (χ2n) is 12.1. The van der Waals surface area contributed by atoms with Crippen LogP contribution < -0.4 is 0 Å². The standard InChI is InChI=1S/C32H37F2N5O/c1-9-19(2)21-18-24(27-22(33)11-10-12-23(27)34)38-39-28(21)32(8,30(3,4)5)25-14-16-36-29(37-25)20-13-15-35-26(17-20)31(6,7)40/h10-19,40H,9H2,1-8H3/t19-,32-/m0/s1. The SMILES string of the molecule is CC[C@H](C)c1cc(-c2c(F)cccc2F)nnc1[C@](C)(c1ccnc(-c2ccnc(C(C)(C)O)c2)n1)C(C)(C)C. The Kier molecular flexibility index (Phi) is 7.87. The molecule has 4 rings (SSSR count). The first-order valence-electron chi connectivity index (χ1n) is 13.5. The number of nitrogens with zero attached hydrogens (tertiary/aromatic N) is 5. The summed E-state index contributed by atoms with van der Waals surface area (Å²) in [6.07, 6.45) is 4.14. The molecule has 6 nitrogen and oxygen atoms in total. The number of pyridine rings is 1. The molecule has 0 unspecified atom stereocenters. The Morgan fingerprint density at radius 1 is 0.850 bits per heavy atom. The molecule has 0 aliphatic rings. The molecule has 0 aliphatic heterocycles. The first-order chi connectivity index (χ1) is 18.7. The minimum atomic E-state index is -1.12. The van der Waals surface area contributed by atoms with E-state index in [4.69, 9.17) is 4.98 Å². The normalized spacial score (nSPS) is 14.6. The molecular formula is C32H37F2N5O. The first kappa shape index (κ1) is 29.3. The largest absolute Gasteiger partial charge is 0.384 e. The van der Waals surface area contributed by atoms with Crippen LogP contribution in [0, 0.1) is 17.0 Å². The lowest BCUT2D eigenvalue weighted by atomic mass is 9.62. The van der Waals surface area contributed by atoms with Gasteiger partial charge < -0.3 is 5.11 Å². The number of aliphatic hydroxyl groups is 1. The summed E-state index contributed by atoms with van der Waals surface area (Å²) >= 11 is 0. The van der Waals surface area contributed by atoms with Crippen LogP contribution in [-0.2, 0) is 11.0 Å². The predicted molar refractivity (Wildman–Crippen MR) is 153 cm³/mol. The summed E-state index contributed by atoms with van der Waals surface area (Å²) in [5, 5.41) is 19.5. The van der Waals surface area contributed by atoms with Gasteiger partial charge in [-0.2, -0.15) is 5.10 Å². The minimum absolute atomic E-state index is 0.0385. The number of hydrogen-bond acceptors (Lipinski definition) is 6. The highest BCUT2D eigenvalue weighted by Crippen LogP contribution is 2.48. The van der Waals surface area contributed by atoms with Crippen LogP contribution in [0.15, 0.2) is 54.9 Å². The van der Waals surface area contributed by atoms with Gasteiger partial charge in [-0.3, -0.25) is 4.98 Å². The van der Waals surface area contributed by atoms with Crippen molar-refractivity contribution in [1.29, 1.82) is 0 Å². The van der Waals surface area contributed by atoms with E-state index < -0.39 is 28.1 Å². The Labute approximate surface area is 235 Å². The molecule has 3 aromatic heterocycles. The summed E-state index contributed by atoms with van der Waals surface area (Å²) in [7, 11) is 0. The second kappa shape index (κ2) is 10.7. The van der Waals surface area contributed by atoms with Crippen molar-refractivity contribution in [2.75, 3.05) is 0 Å². The average Bonchev–Trinajstić information content (AvgIpc) is 2.91. The van der Waals surface area contributed by atoms with Crippen LogP contribution in [0.3, 0.4) is 0 Å². The third-order valence-corrected chi connectivity index (χ3v) is 7.97. The Hall–Kier alpha value is -3.65. The fourth-order valence-electron chi connectivity index (χ4n) is 4.80. The highest BCUT2D eigenvalue weighted by Gasteiger charge is 2.46. The van der Waals surface area contributed by atoms with Gasteiger partial charge in [0.05, 0.1) is 33.8 Å². The molecule has 0 aliphatic carbocycles. The van der Waals surface area contributed by atoms with Crippen LogP contribution in [0.2, 0.25) is 0 Å². The monoisotopic (exact) mass is 545 g/mol. The van der Waals surface area contributed by atoms with Crippen LogP contribution in [0.4, 0.5) is 8.78 Å². The molecule has 210 valence electrons. The Morgan fingerprint density at radius 2 is 1.50 bits per heavy atom. The zero-order chi connectivity index (χ0) is 29.5. The van der Waals surface area contributed by atoms with Gasteiger partial charge in [-0.15, -0.1) is 5.10 Å². The average molecular weight is 546 g/mol. The Bertz CT molecular complexity index is 1510. The van der Waals surface area contributed by atoms with Crippen LogP contribution in [-0.4, -0.2) is 30.3 Å². The van der Waals surface area contributed by atoms with Crippen molar-refractivity contribution in [2.45, 2.75) is 78.7 Å². The molecule has 8 heteroatoms. The van der Waals surface area contributed by atoms with Crippen LogP contribution in [0.5, 0.6) is 0 Å². The summed E-state index contributed by atoms with van der Waals surface area (Å²) in [6.45, 7) is 15.9.